The molecule has 0 aliphatic rings. The van der Waals surface area contributed by atoms with Gasteiger partial charge in [-0.05, 0) is 31.7 Å². The molecule has 0 amide bonds. The molecule has 0 aromatic carbocycles. The second-order valence-corrected chi connectivity index (χ2v) is 4.40. The van der Waals surface area contributed by atoms with Crippen LogP contribution in [0.25, 0.3) is 0 Å². The quantitative estimate of drug-likeness (QED) is 0.874. The Kier molecular flexibility index (Phi) is 3.02. The largest absolute Gasteiger partial charge is 0.436 e. The molecule has 5 nitrogen and oxygen atoms in total. The maximum atomic E-state index is 8.97. The zero-order valence-electron chi connectivity index (χ0n) is 9.39. The minimum absolute atomic E-state index is 0.420. The lowest BCUT2D eigenvalue weighted by molar-refractivity contribution is 0.431. The summed E-state index contributed by atoms with van der Waals surface area (Å²) < 4.78 is 5.42. The first-order valence-electron chi connectivity index (χ1n) is 4.87. The van der Waals surface area contributed by atoms with Crippen LogP contribution >= 0.6 is 11.8 Å². The van der Waals surface area contributed by atoms with Gasteiger partial charge in [-0.25, -0.2) is 9.97 Å². The lowest BCUT2D eigenvalue weighted by Gasteiger charge is -2.00. The monoisotopic (exact) mass is 246 g/mol. The Labute approximate surface area is 103 Å². The fraction of sp³-hybridized carbons (Fsp3) is 0.182. The molecule has 0 radical (unpaired) electrons. The van der Waals surface area contributed by atoms with Crippen LogP contribution in [0.2, 0.25) is 0 Å². The zero-order valence-corrected chi connectivity index (χ0v) is 10.2. The van der Waals surface area contributed by atoms with E-state index < -0.39 is 0 Å². The smallest absolute Gasteiger partial charge is 0.262 e. The number of nitriles is 1. The van der Waals surface area contributed by atoms with Gasteiger partial charge in [0, 0.05) is 0 Å². The first-order valence-corrected chi connectivity index (χ1v) is 5.69. The molecule has 2 rings (SSSR count). The summed E-state index contributed by atoms with van der Waals surface area (Å²) in [6, 6.07) is 3.63. The van der Waals surface area contributed by atoms with E-state index in [-0.39, 0.29) is 0 Å². The van der Waals surface area contributed by atoms with E-state index in [4.69, 9.17) is 15.4 Å². The minimum atomic E-state index is 0.420. The van der Waals surface area contributed by atoms with Gasteiger partial charge in [0.1, 0.15) is 16.9 Å². The van der Waals surface area contributed by atoms with E-state index >= 15 is 0 Å². The molecular formula is C11H10N4OS. The van der Waals surface area contributed by atoms with Crippen LogP contribution in [0.3, 0.4) is 0 Å². The number of nitrogens with two attached hydrogens (primary N) is 1. The van der Waals surface area contributed by atoms with Crippen molar-refractivity contribution in [1.82, 2.24) is 9.97 Å². The fourth-order valence-corrected chi connectivity index (χ4v) is 2.03. The van der Waals surface area contributed by atoms with Gasteiger partial charge in [0.05, 0.1) is 23.1 Å². The van der Waals surface area contributed by atoms with Crippen LogP contribution in [-0.4, -0.2) is 9.97 Å². The van der Waals surface area contributed by atoms with E-state index in [0.717, 1.165) is 11.5 Å². The van der Waals surface area contributed by atoms with Crippen molar-refractivity contribution in [3.63, 3.8) is 0 Å². The average Bonchev–Trinajstić information content (AvgIpc) is 2.60. The Morgan fingerprint density at radius 2 is 2.24 bits per heavy atom. The highest BCUT2D eigenvalue weighted by Crippen LogP contribution is 2.29. The number of nitrogen functional groups attached to an aromatic ring is 1. The Balaban J connectivity index is 2.33. The second kappa shape index (κ2) is 4.47. The zero-order chi connectivity index (χ0) is 12.4. The Bertz CT molecular complexity index is 581. The molecule has 0 bridgehead atoms. The van der Waals surface area contributed by atoms with Gasteiger partial charge in [-0.1, -0.05) is 0 Å². The van der Waals surface area contributed by atoms with Crippen LogP contribution in [0.15, 0.2) is 26.9 Å². The van der Waals surface area contributed by atoms with Gasteiger partial charge in [0.2, 0.25) is 0 Å². The molecule has 0 aliphatic heterocycles. The van der Waals surface area contributed by atoms with E-state index in [1.807, 2.05) is 19.9 Å². The summed E-state index contributed by atoms with van der Waals surface area (Å²) in [4.78, 5) is 8.32. The first kappa shape index (κ1) is 11.5. The van der Waals surface area contributed by atoms with Crippen molar-refractivity contribution in [3.05, 3.63) is 29.3 Å². The van der Waals surface area contributed by atoms with Gasteiger partial charge in [-0.3, -0.25) is 0 Å². The molecule has 86 valence electrons. The van der Waals surface area contributed by atoms with Crippen LogP contribution in [0.5, 0.6) is 0 Å². The molecule has 0 saturated heterocycles. The Hall–Kier alpha value is -2.00. The van der Waals surface area contributed by atoms with Crippen molar-refractivity contribution >= 4 is 17.4 Å². The number of rotatable bonds is 2. The Morgan fingerprint density at radius 1 is 1.47 bits per heavy atom. The summed E-state index contributed by atoms with van der Waals surface area (Å²) in [5, 5.41) is 10.00. The molecule has 0 aliphatic carbocycles. The molecule has 2 N–H and O–H groups in total. The van der Waals surface area contributed by atoms with Crippen LogP contribution in [-0.2, 0) is 0 Å². The number of nitrogens with zero attached hydrogens (tertiary/aromatic N) is 3. The molecule has 0 fully saturated rings. The molecule has 2 aromatic rings. The minimum Gasteiger partial charge on any atom is -0.436 e. The van der Waals surface area contributed by atoms with Crippen molar-refractivity contribution in [2.24, 2.45) is 0 Å². The third-order valence-electron chi connectivity index (χ3n) is 2.19. The summed E-state index contributed by atoms with van der Waals surface area (Å²) in [6.45, 7) is 3.71. The molecule has 0 atom stereocenters. The highest BCUT2D eigenvalue weighted by Gasteiger charge is 2.12. The molecule has 0 saturated carbocycles. The molecule has 17 heavy (non-hydrogen) atoms. The van der Waals surface area contributed by atoms with Gasteiger partial charge in [-0.15, -0.1) is 0 Å². The third-order valence-corrected chi connectivity index (χ3v) is 3.05. The normalized spacial score (nSPS) is 10.2. The lowest BCUT2D eigenvalue weighted by atomic mass is 10.3. The number of aromatic nitrogens is 2. The Morgan fingerprint density at radius 3 is 2.82 bits per heavy atom. The third kappa shape index (κ3) is 2.40. The summed E-state index contributed by atoms with van der Waals surface area (Å²) in [5.74, 6) is 0.765. The van der Waals surface area contributed by atoms with Crippen LogP contribution in [0, 0.1) is 25.2 Å². The predicted molar refractivity (Wildman–Crippen MR) is 63.5 cm³/mol. The van der Waals surface area contributed by atoms with Gasteiger partial charge >= 0.3 is 0 Å². The topological polar surface area (TPSA) is 88.7 Å². The summed E-state index contributed by atoms with van der Waals surface area (Å²) >= 11 is 1.22. The van der Waals surface area contributed by atoms with Gasteiger partial charge in [-0.2, -0.15) is 5.26 Å². The number of oxazole rings is 1. The van der Waals surface area contributed by atoms with E-state index in [0.29, 0.717) is 21.5 Å². The predicted octanol–water partition coefficient (Wildman–Crippen LogP) is 2.29. The standard InChI is InChI=1S/C11H10N4OS/c1-6-7(2)16-11(15-6)17-10-8(4-12)3-9(13)5-14-10/h3,5H,13H2,1-2H3. The van der Waals surface area contributed by atoms with E-state index in [1.165, 1.54) is 18.0 Å². The van der Waals surface area contributed by atoms with Crippen molar-refractivity contribution < 1.29 is 4.42 Å². The first-order chi connectivity index (χ1) is 8.10. The molecule has 0 spiro atoms. The van der Waals surface area contributed by atoms with Crippen LogP contribution in [0.1, 0.15) is 17.0 Å². The van der Waals surface area contributed by atoms with E-state index in [1.54, 1.807) is 6.07 Å². The van der Waals surface area contributed by atoms with Gasteiger partial charge in [0.15, 0.2) is 0 Å². The molecular weight excluding hydrogens is 236 g/mol. The van der Waals surface area contributed by atoms with Crippen molar-refractivity contribution in [2.75, 3.05) is 5.73 Å². The molecule has 0 unspecified atom stereocenters. The van der Waals surface area contributed by atoms with Crippen LogP contribution < -0.4 is 5.73 Å². The average molecular weight is 246 g/mol. The number of hydrogen-bond donors (Lipinski definition) is 1. The maximum absolute atomic E-state index is 8.97. The highest BCUT2D eigenvalue weighted by atomic mass is 32.2. The van der Waals surface area contributed by atoms with Gasteiger partial charge < -0.3 is 10.2 Å². The van der Waals surface area contributed by atoms with Crippen molar-refractivity contribution in [1.29, 1.82) is 5.26 Å². The summed E-state index contributed by atoms with van der Waals surface area (Å²) in [6.07, 6.45) is 1.51. The van der Waals surface area contributed by atoms with Crippen molar-refractivity contribution in [2.45, 2.75) is 24.1 Å². The SMILES string of the molecule is Cc1nc(Sc2ncc(N)cc2C#N)oc1C. The number of aryl methyl sites for hydroxylation is 2. The second-order valence-electron chi connectivity index (χ2n) is 3.46. The summed E-state index contributed by atoms with van der Waals surface area (Å²) in [7, 11) is 0. The van der Waals surface area contributed by atoms with Crippen LogP contribution in [0.4, 0.5) is 5.69 Å². The lowest BCUT2D eigenvalue weighted by Crippen LogP contribution is -1.91. The molecule has 2 heterocycles. The van der Waals surface area contributed by atoms with Crippen molar-refractivity contribution in [3.8, 4) is 6.07 Å². The van der Waals surface area contributed by atoms with E-state index in [2.05, 4.69) is 9.97 Å². The molecule has 2 aromatic heterocycles. The van der Waals surface area contributed by atoms with E-state index in [9.17, 15) is 0 Å². The summed E-state index contributed by atoms with van der Waals surface area (Å²) in [5.41, 5.74) is 7.28. The number of anilines is 1. The number of pyridine rings is 1. The highest BCUT2D eigenvalue weighted by molar-refractivity contribution is 7.99. The molecule has 6 heteroatoms. The maximum Gasteiger partial charge on any atom is 0.262 e. The fourth-order valence-electron chi connectivity index (χ4n) is 1.20. The van der Waals surface area contributed by atoms with Gasteiger partial charge in [0.25, 0.3) is 5.22 Å². The number of hydrogen-bond acceptors (Lipinski definition) is 6.